The highest BCUT2D eigenvalue weighted by molar-refractivity contribution is 5.94. The molecule has 1 fully saturated rings. The molecule has 2 N–H and O–H groups in total. The lowest BCUT2D eigenvalue weighted by Gasteiger charge is -2.22. The summed E-state index contributed by atoms with van der Waals surface area (Å²) in [5.74, 6) is -0.141. The maximum Gasteiger partial charge on any atom is 0.401 e. The summed E-state index contributed by atoms with van der Waals surface area (Å²) in [4.78, 5) is 15.4. The van der Waals surface area contributed by atoms with E-state index in [-0.39, 0.29) is 24.9 Å². The summed E-state index contributed by atoms with van der Waals surface area (Å²) in [5.41, 5.74) is 6.99. The van der Waals surface area contributed by atoms with Crippen molar-refractivity contribution in [2.75, 3.05) is 32.7 Å². The van der Waals surface area contributed by atoms with Crippen LogP contribution in [-0.4, -0.2) is 54.6 Å². The zero-order valence-corrected chi connectivity index (χ0v) is 13.5. The third-order valence-corrected chi connectivity index (χ3v) is 3.72. The highest BCUT2D eigenvalue weighted by Crippen LogP contribution is 2.18. The maximum atomic E-state index is 12.4. The fourth-order valence-electron chi connectivity index (χ4n) is 2.55. The minimum Gasteiger partial charge on any atom is -0.337 e. The van der Waals surface area contributed by atoms with Crippen molar-refractivity contribution in [2.45, 2.75) is 19.1 Å². The van der Waals surface area contributed by atoms with Crippen LogP contribution in [0.2, 0.25) is 0 Å². The fraction of sp³-hybridized carbons (Fsp3) is 0.533. The average Bonchev–Trinajstić information content (AvgIpc) is 2.70. The van der Waals surface area contributed by atoms with Gasteiger partial charge in [-0.25, -0.2) is 0 Å². The van der Waals surface area contributed by atoms with E-state index in [4.69, 9.17) is 5.73 Å². The van der Waals surface area contributed by atoms with Gasteiger partial charge in [0.25, 0.3) is 5.91 Å². The molecule has 0 saturated carbocycles. The van der Waals surface area contributed by atoms with E-state index in [1.807, 2.05) is 0 Å². The maximum absolute atomic E-state index is 12.4. The molecule has 23 heavy (non-hydrogen) atoms. The monoisotopic (exact) mass is 351 g/mol. The third kappa shape index (κ3) is 6.01. The lowest BCUT2D eigenvalue weighted by Crippen LogP contribution is -2.38. The molecular weight excluding hydrogens is 331 g/mol. The second-order valence-electron chi connectivity index (χ2n) is 5.44. The molecule has 1 aliphatic rings. The van der Waals surface area contributed by atoms with Crippen molar-refractivity contribution in [1.29, 1.82) is 0 Å². The molecule has 1 aliphatic heterocycles. The summed E-state index contributed by atoms with van der Waals surface area (Å²) in [6, 6.07) is 7.01. The Labute approximate surface area is 139 Å². The van der Waals surface area contributed by atoms with Crippen LogP contribution in [0.3, 0.4) is 0 Å². The quantitative estimate of drug-likeness (QED) is 0.909. The molecule has 4 nitrogen and oxygen atoms in total. The van der Waals surface area contributed by atoms with E-state index in [1.54, 1.807) is 29.2 Å². The fourth-order valence-corrected chi connectivity index (χ4v) is 2.55. The van der Waals surface area contributed by atoms with Gasteiger partial charge in [-0.15, -0.1) is 12.4 Å². The van der Waals surface area contributed by atoms with Gasteiger partial charge in [0.2, 0.25) is 0 Å². The highest BCUT2D eigenvalue weighted by atomic mass is 35.5. The Hall–Kier alpha value is -1.31. The van der Waals surface area contributed by atoms with Crippen LogP contribution in [0.15, 0.2) is 24.3 Å². The van der Waals surface area contributed by atoms with Gasteiger partial charge in [0.1, 0.15) is 0 Å². The van der Waals surface area contributed by atoms with Crippen LogP contribution in [-0.2, 0) is 6.54 Å². The highest BCUT2D eigenvalue weighted by Gasteiger charge is 2.31. The zero-order chi connectivity index (χ0) is 16.2. The van der Waals surface area contributed by atoms with Gasteiger partial charge in [-0.3, -0.25) is 9.69 Å². The molecule has 130 valence electrons. The van der Waals surface area contributed by atoms with Gasteiger partial charge in [-0.1, -0.05) is 12.1 Å². The minimum atomic E-state index is -4.20. The Morgan fingerprint density at radius 1 is 1.09 bits per heavy atom. The Bertz CT molecular complexity index is 508. The van der Waals surface area contributed by atoms with Gasteiger partial charge in [0, 0.05) is 38.3 Å². The topological polar surface area (TPSA) is 49.6 Å². The van der Waals surface area contributed by atoms with Crippen molar-refractivity contribution < 1.29 is 18.0 Å². The molecule has 1 aromatic rings. The minimum absolute atomic E-state index is 0. The van der Waals surface area contributed by atoms with Gasteiger partial charge in [-0.05, 0) is 24.1 Å². The van der Waals surface area contributed by atoms with Crippen LogP contribution in [0.1, 0.15) is 22.3 Å². The zero-order valence-electron chi connectivity index (χ0n) is 12.7. The van der Waals surface area contributed by atoms with Crippen molar-refractivity contribution in [3.63, 3.8) is 0 Å². The smallest absolute Gasteiger partial charge is 0.337 e. The first kappa shape index (κ1) is 19.7. The van der Waals surface area contributed by atoms with E-state index in [1.165, 1.54) is 4.90 Å². The number of halogens is 4. The van der Waals surface area contributed by atoms with E-state index < -0.39 is 12.7 Å². The molecule has 0 bridgehead atoms. The molecule has 1 amide bonds. The predicted octanol–water partition coefficient (Wildman–Crippen LogP) is 2.28. The molecule has 1 aromatic carbocycles. The van der Waals surface area contributed by atoms with E-state index in [0.29, 0.717) is 38.2 Å². The molecule has 1 saturated heterocycles. The third-order valence-electron chi connectivity index (χ3n) is 3.72. The van der Waals surface area contributed by atoms with Crippen LogP contribution in [0.4, 0.5) is 13.2 Å². The first-order valence-electron chi connectivity index (χ1n) is 7.26. The summed E-state index contributed by atoms with van der Waals surface area (Å²) in [6.07, 6.45) is -3.65. The number of alkyl halides is 3. The normalized spacial score (nSPS) is 16.6. The van der Waals surface area contributed by atoms with Crippen LogP contribution in [0, 0.1) is 0 Å². The van der Waals surface area contributed by atoms with Gasteiger partial charge in [0.05, 0.1) is 6.54 Å². The van der Waals surface area contributed by atoms with Gasteiger partial charge in [0.15, 0.2) is 0 Å². The van der Waals surface area contributed by atoms with Crippen LogP contribution in [0.5, 0.6) is 0 Å². The van der Waals surface area contributed by atoms with E-state index >= 15 is 0 Å². The summed E-state index contributed by atoms with van der Waals surface area (Å²) < 4.78 is 37.3. The number of hydrogen-bond acceptors (Lipinski definition) is 3. The number of carbonyl (C=O) groups excluding carboxylic acids is 1. The molecule has 1 heterocycles. The van der Waals surface area contributed by atoms with Crippen molar-refractivity contribution in [3.8, 4) is 0 Å². The van der Waals surface area contributed by atoms with Crippen molar-refractivity contribution in [3.05, 3.63) is 35.4 Å². The molecule has 0 atom stereocenters. The van der Waals surface area contributed by atoms with Crippen molar-refractivity contribution >= 4 is 18.3 Å². The standard InChI is InChI=1S/C15H20F3N3O.ClH/c16-15(17,18)11-20-6-1-7-21(9-8-20)14(22)13-4-2-12(10-19)3-5-13;/h2-5H,1,6-11,19H2;1H. The largest absolute Gasteiger partial charge is 0.401 e. The number of carbonyl (C=O) groups is 1. The predicted molar refractivity (Wildman–Crippen MR) is 84.6 cm³/mol. The molecular formula is C15H21ClF3N3O. The lowest BCUT2D eigenvalue weighted by molar-refractivity contribution is -0.145. The summed E-state index contributed by atoms with van der Waals surface area (Å²) in [5, 5.41) is 0. The first-order valence-corrected chi connectivity index (χ1v) is 7.26. The first-order chi connectivity index (χ1) is 10.4. The second-order valence-corrected chi connectivity index (χ2v) is 5.44. The second kappa shape index (κ2) is 8.52. The van der Waals surface area contributed by atoms with Crippen molar-refractivity contribution in [1.82, 2.24) is 9.80 Å². The number of benzene rings is 1. The Kier molecular flexibility index (Phi) is 7.31. The molecule has 0 aliphatic carbocycles. The Balaban J connectivity index is 0.00000264. The lowest BCUT2D eigenvalue weighted by atomic mass is 10.1. The number of rotatable bonds is 3. The Morgan fingerprint density at radius 3 is 2.30 bits per heavy atom. The van der Waals surface area contributed by atoms with Gasteiger partial charge < -0.3 is 10.6 Å². The molecule has 0 radical (unpaired) electrons. The molecule has 0 spiro atoms. The SMILES string of the molecule is Cl.NCc1ccc(C(=O)N2CCCN(CC(F)(F)F)CC2)cc1. The number of hydrogen-bond donors (Lipinski definition) is 1. The molecule has 2 rings (SSSR count). The summed E-state index contributed by atoms with van der Waals surface area (Å²) in [6.45, 7) is 0.881. The molecule has 0 aromatic heterocycles. The van der Waals surface area contributed by atoms with E-state index in [2.05, 4.69) is 0 Å². The summed E-state index contributed by atoms with van der Waals surface area (Å²) >= 11 is 0. The number of nitrogens with two attached hydrogens (primary N) is 1. The van der Waals surface area contributed by atoms with E-state index in [9.17, 15) is 18.0 Å². The van der Waals surface area contributed by atoms with Gasteiger partial charge in [-0.2, -0.15) is 13.2 Å². The van der Waals surface area contributed by atoms with E-state index in [0.717, 1.165) is 5.56 Å². The summed E-state index contributed by atoms with van der Waals surface area (Å²) in [7, 11) is 0. The van der Waals surface area contributed by atoms with Crippen LogP contribution in [0.25, 0.3) is 0 Å². The van der Waals surface area contributed by atoms with Crippen LogP contribution >= 0.6 is 12.4 Å². The van der Waals surface area contributed by atoms with Gasteiger partial charge >= 0.3 is 6.18 Å². The Morgan fingerprint density at radius 2 is 1.74 bits per heavy atom. The number of amides is 1. The molecule has 8 heteroatoms. The molecule has 0 unspecified atom stereocenters. The average molecular weight is 352 g/mol. The number of nitrogens with zero attached hydrogens (tertiary/aromatic N) is 2. The van der Waals surface area contributed by atoms with Crippen LogP contribution < -0.4 is 5.73 Å². The van der Waals surface area contributed by atoms with Crippen molar-refractivity contribution in [2.24, 2.45) is 5.73 Å².